The van der Waals surface area contributed by atoms with Gasteiger partial charge in [-0.2, -0.15) is 4.68 Å². The molecular weight excluding hydrogens is 355 g/mol. The first-order chi connectivity index (χ1) is 13.0. The van der Waals surface area contributed by atoms with Crippen LogP contribution in [0.1, 0.15) is 5.56 Å². The van der Waals surface area contributed by atoms with Gasteiger partial charge in [0.15, 0.2) is 11.2 Å². The molecule has 27 heavy (non-hydrogen) atoms. The lowest BCUT2D eigenvalue weighted by Gasteiger charge is -2.06. The van der Waals surface area contributed by atoms with E-state index < -0.39 is 16.3 Å². The van der Waals surface area contributed by atoms with Gasteiger partial charge in [-0.3, -0.25) is 19.5 Å². The average Bonchev–Trinajstić information content (AvgIpc) is 3.10. The Morgan fingerprint density at radius 3 is 2.67 bits per heavy atom. The Bertz CT molecular complexity index is 1220. The van der Waals surface area contributed by atoms with Gasteiger partial charge in [0.2, 0.25) is 0 Å². The van der Waals surface area contributed by atoms with Gasteiger partial charge >= 0.3 is 0 Å². The topological polar surface area (TPSA) is 109 Å². The fourth-order valence-corrected chi connectivity index (χ4v) is 2.68. The number of aromatic nitrogens is 5. The molecule has 0 N–H and O–H groups in total. The summed E-state index contributed by atoms with van der Waals surface area (Å²) in [6.07, 6.45) is 1.33. The van der Waals surface area contributed by atoms with Crippen molar-refractivity contribution in [3.05, 3.63) is 86.7 Å². The molecule has 10 heteroatoms. The third-order valence-electron chi connectivity index (χ3n) is 3.97. The van der Waals surface area contributed by atoms with Crippen molar-refractivity contribution in [2.24, 2.45) is 0 Å². The molecule has 2 heterocycles. The number of non-ortho nitro benzene ring substituents is 1. The molecule has 0 fully saturated rings. The van der Waals surface area contributed by atoms with E-state index in [0.717, 1.165) is 0 Å². The molecule has 0 spiro atoms. The Balaban J connectivity index is 1.73. The van der Waals surface area contributed by atoms with Crippen LogP contribution >= 0.6 is 0 Å². The van der Waals surface area contributed by atoms with Crippen molar-refractivity contribution >= 4 is 16.9 Å². The number of halogens is 1. The molecule has 0 saturated carbocycles. The van der Waals surface area contributed by atoms with E-state index in [4.69, 9.17) is 0 Å². The van der Waals surface area contributed by atoms with Crippen molar-refractivity contribution in [1.82, 2.24) is 24.5 Å². The van der Waals surface area contributed by atoms with Crippen LogP contribution < -0.4 is 5.56 Å². The number of benzene rings is 2. The molecule has 0 aliphatic rings. The molecule has 134 valence electrons. The quantitative estimate of drug-likeness (QED) is 0.404. The van der Waals surface area contributed by atoms with Gasteiger partial charge < -0.3 is 0 Å². The van der Waals surface area contributed by atoms with E-state index in [2.05, 4.69) is 15.3 Å². The molecule has 2 aromatic carbocycles. The molecule has 0 bridgehead atoms. The second-order valence-corrected chi connectivity index (χ2v) is 5.75. The van der Waals surface area contributed by atoms with Crippen molar-refractivity contribution in [2.75, 3.05) is 0 Å². The monoisotopic (exact) mass is 366 g/mol. The minimum Gasteiger partial charge on any atom is -0.293 e. The van der Waals surface area contributed by atoms with Gasteiger partial charge in [-0.25, -0.2) is 9.37 Å². The van der Waals surface area contributed by atoms with Crippen LogP contribution in [0.5, 0.6) is 0 Å². The number of rotatable bonds is 4. The van der Waals surface area contributed by atoms with E-state index in [0.29, 0.717) is 11.3 Å². The summed E-state index contributed by atoms with van der Waals surface area (Å²) in [6, 6.07) is 11.5. The lowest BCUT2D eigenvalue weighted by molar-refractivity contribution is -0.384. The van der Waals surface area contributed by atoms with E-state index in [1.165, 1.54) is 52.0 Å². The molecule has 0 aliphatic heterocycles. The summed E-state index contributed by atoms with van der Waals surface area (Å²) in [5.74, 6) is -0.393. The van der Waals surface area contributed by atoms with Crippen LogP contribution in [0.2, 0.25) is 0 Å². The average molecular weight is 366 g/mol. The summed E-state index contributed by atoms with van der Waals surface area (Å²) >= 11 is 0. The minimum absolute atomic E-state index is 0.0484. The Morgan fingerprint density at radius 2 is 1.93 bits per heavy atom. The summed E-state index contributed by atoms with van der Waals surface area (Å²) in [6.45, 7) is 0.104. The van der Waals surface area contributed by atoms with E-state index >= 15 is 0 Å². The van der Waals surface area contributed by atoms with Crippen LogP contribution in [0.4, 0.5) is 10.1 Å². The first-order valence-electron chi connectivity index (χ1n) is 7.83. The van der Waals surface area contributed by atoms with Gasteiger partial charge in [0.05, 0.1) is 17.2 Å². The maximum Gasteiger partial charge on any atom is 0.283 e. The van der Waals surface area contributed by atoms with Crippen LogP contribution in [-0.4, -0.2) is 29.5 Å². The normalized spacial score (nSPS) is 11.0. The molecular formula is C17H11FN6O3. The van der Waals surface area contributed by atoms with Crippen molar-refractivity contribution in [2.45, 2.75) is 6.54 Å². The molecule has 9 nitrogen and oxygen atoms in total. The van der Waals surface area contributed by atoms with Crippen LogP contribution in [0.3, 0.4) is 0 Å². The van der Waals surface area contributed by atoms with Crippen LogP contribution in [-0.2, 0) is 6.54 Å². The fourth-order valence-electron chi connectivity index (χ4n) is 2.68. The summed E-state index contributed by atoms with van der Waals surface area (Å²) in [5.41, 5.74) is 0.895. The van der Waals surface area contributed by atoms with Gasteiger partial charge in [0.1, 0.15) is 12.1 Å². The lowest BCUT2D eigenvalue weighted by Crippen LogP contribution is -2.21. The molecule has 0 amide bonds. The van der Waals surface area contributed by atoms with E-state index in [-0.39, 0.29) is 23.4 Å². The highest BCUT2D eigenvalue weighted by atomic mass is 19.1. The highest BCUT2D eigenvalue weighted by Gasteiger charge is 2.14. The number of nitro groups is 1. The first-order valence-corrected chi connectivity index (χ1v) is 7.83. The SMILES string of the molecule is O=c1c2nnn(-c3ccc(F)cc3)c2ncn1Cc1cccc([N+](=O)[O-])c1. The van der Waals surface area contributed by atoms with Gasteiger partial charge in [0, 0.05) is 12.1 Å². The summed E-state index contributed by atoms with van der Waals surface area (Å²) in [7, 11) is 0. The Kier molecular flexibility index (Phi) is 3.92. The summed E-state index contributed by atoms with van der Waals surface area (Å²) in [5, 5.41) is 18.7. The number of nitro benzene ring substituents is 1. The van der Waals surface area contributed by atoms with Gasteiger partial charge in [-0.15, -0.1) is 5.10 Å². The standard InChI is InChI=1S/C17H11FN6O3/c18-12-4-6-13(7-5-12)23-16-15(20-21-23)17(25)22(10-19-16)9-11-2-1-3-14(8-11)24(26)27/h1-8,10H,9H2. The van der Waals surface area contributed by atoms with Gasteiger partial charge in [-0.05, 0) is 29.8 Å². The Labute approximate surface area is 150 Å². The highest BCUT2D eigenvalue weighted by molar-refractivity contribution is 5.70. The highest BCUT2D eigenvalue weighted by Crippen LogP contribution is 2.15. The van der Waals surface area contributed by atoms with E-state index in [9.17, 15) is 19.3 Å². The van der Waals surface area contributed by atoms with Crippen LogP contribution in [0.15, 0.2) is 59.7 Å². The summed E-state index contributed by atoms with van der Waals surface area (Å²) in [4.78, 5) is 27.3. The zero-order valence-electron chi connectivity index (χ0n) is 13.7. The molecule has 2 aromatic heterocycles. The third kappa shape index (κ3) is 3.03. The maximum absolute atomic E-state index is 13.1. The van der Waals surface area contributed by atoms with Gasteiger partial charge in [0.25, 0.3) is 11.2 Å². The Hall–Kier alpha value is -3.95. The largest absolute Gasteiger partial charge is 0.293 e. The predicted molar refractivity (Wildman–Crippen MR) is 93.1 cm³/mol. The van der Waals surface area contributed by atoms with Crippen molar-refractivity contribution in [3.63, 3.8) is 0 Å². The second-order valence-electron chi connectivity index (χ2n) is 5.75. The van der Waals surface area contributed by atoms with Crippen LogP contribution in [0, 0.1) is 15.9 Å². The predicted octanol–water partition coefficient (Wildman–Crippen LogP) is 2.07. The Morgan fingerprint density at radius 1 is 1.15 bits per heavy atom. The first kappa shape index (κ1) is 16.5. The lowest BCUT2D eigenvalue weighted by atomic mass is 10.2. The molecule has 0 unspecified atom stereocenters. The zero-order valence-corrected chi connectivity index (χ0v) is 13.7. The molecule has 0 atom stereocenters. The fraction of sp³-hybridized carbons (Fsp3) is 0.0588. The minimum atomic E-state index is -0.498. The number of nitrogens with zero attached hydrogens (tertiary/aromatic N) is 6. The van der Waals surface area contributed by atoms with Crippen molar-refractivity contribution < 1.29 is 9.31 Å². The van der Waals surface area contributed by atoms with Crippen molar-refractivity contribution in [3.8, 4) is 5.69 Å². The maximum atomic E-state index is 13.1. The number of fused-ring (bicyclic) bond motifs is 1. The van der Waals surface area contributed by atoms with Crippen molar-refractivity contribution in [1.29, 1.82) is 0 Å². The molecule has 4 rings (SSSR count). The molecule has 0 aliphatic carbocycles. The number of hydrogen-bond donors (Lipinski definition) is 0. The van der Waals surface area contributed by atoms with Crippen LogP contribution in [0.25, 0.3) is 16.9 Å². The second kappa shape index (κ2) is 6.41. The third-order valence-corrected chi connectivity index (χ3v) is 3.97. The summed E-state index contributed by atoms with van der Waals surface area (Å²) < 4.78 is 15.7. The molecule has 4 aromatic rings. The number of hydrogen-bond acceptors (Lipinski definition) is 6. The van der Waals surface area contributed by atoms with E-state index in [1.54, 1.807) is 12.1 Å². The van der Waals surface area contributed by atoms with E-state index in [1.807, 2.05) is 0 Å². The van der Waals surface area contributed by atoms with Gasteiger partial charge in [-0.1, -0.05) is 17.3 Å². The molecule has 0 radical (unpaired) electrons. The zero-order chi connectivity index (χ0) is 19.0. The smallest absolute Gasteiger partial charge is 0.283 e. The molecule has 0 saturated heterocycles.